The molecule has 106 valence electrons. The summed E-state index contributed by atoms with van der Waals surface area (Å²) in [6.45, 7) is 3.17. The summed E-state index contributed by atoms with van der Waals surface area (Å²) in [7, 11) is 0. The summed E-state index contributed by atoms with van der Waals surface area (Å²) in [6, 6.07) is 6.12. The minimum absolute atomic E-state index is 0.131. The van der Waals surface area contributed by atoms with Crippen LogP contribution in [0.5, 0.6) is 0 Å². The summed E-state index contributed by atoms with van der Waals surface area (Å²) in [4.78, 5) is 22.9. The van der Waals surface area contributed by atoms with Crippen molar-refractivity contribution in [3.63, 3.8) is 0 Å². The van der Waals surface area contributed by atoms with Crippen LogP contribution in [0.2, 0.25) is 5.02 Å². The van der Waals surface area contributed by atoms with Crippen LogP contribution in [0.1, 0.15) is 24.4 Å². The first-order valence-electron chi connectivity index (χ1n) is 6.11. The van der Waals surface area contributed by atoms with Crippen LogP contribution in [0.15, 0.2) is 28.7 Å². The lowest BCUT2D eigenvalue weighted by molar-refractivity contribution is -0.141. The molecule has 1 aromatic heterocycles. The number of amides is 1. The van der Waals surface area contributed by atoms with Crippen LogP contribution in [-0.2, 0) is 4.79 Å². The number of carbonyl (C=O) groups is 2. The number of carbonyl (C=O) groups excluding carboxylic acids is 1. The molecule has 2 N–H and O–H groups in total. The Balaban J connectivity index is 2.17. The smallest absolute Gasteiger partial charge is 0.308 e. The zero-order chi connectivity index (χ0) is 14.9. The molecule has 5 nitrogen and oxygen atoms in total. The number of carboxylic acid groups (broad SMARTS) is 1. The van der Waals surface area contributed by atoms with Crippen molar-refractivity contribution in [1.82, 2.24) is 5.32 Å². The first-order valence-corrected chi connectivity index (χ1v) is 6.49. The Morgan fingerprint density at radius 1 is 1.30 bits per heavy atom. The number of furan rings is 1. The zero-order valence-corrected chi connectivity index (χ0v) is 11.8. The largest absolute Gasteiger partial charge is 0.481 e. The average molecular weight is 296 g/mol. The van der Waals surface area contributed by atoms with Crippen molar-refractivity contribution >= 4 is 34.4 Å². The van der Waals surface area contributed by atoms with Crippen molar-refractivity contribution in [3.05, 3.63) is 35.0 Å². The van der Waals surface area contributed by atoms with Gasteiger partial charge in [0.05, 0.1) is 5.92 Å². The molecule has 2 atom stereocenters. The summed E-state index contributed by atoms with van der Waals surface area (Å²) in [6.07, 6.45) is 0. The first kappa shape index (κ1) is 14.4. The van der Waals surface area contributed by atoms with E-state index in [1.165, 1.54) is 6.92 Å². The SMILES string of the molecule is CC(NC(=O)c1cc2cc(Cl)ccc2o1)C(C)C(=O)O. The third-order valence-corrected chi connectivity index (χ3v) is 3.44. The second-order valence-electron chi connectivity index (χ2n) is 4.68. The first-order chi connectivity index (χ1) is 9.38. The number of halogens is 1. The van der Waals surface area contributed by atoms with Crippen molar-refractivity contribution in [2.75, 3.05) is 0 Å². The standard InChI is InChI=1S/C14H14ClNO4/c1-7(14(18)19)8(2)16-13(17)12-6-9-5-10(15)3-4-11(9)20-12/h3-8H,1-2H3,(H,16,17)(H,18,19). The maximum atomic E-state index is 12.0. The Morgan fingerprint density at radius 2 is 2.00 bits per heavy atom. The van der Waals surface area contributed by atoms with Gasteiger partial charge >= 0.3 is 5.97 Å². The van der Waals surface area contributed by atoms with E-state index in [1.54, 1.807) is 31.2 Å². The second-order valence-corrected chi connectivity index (χ2v) is 5.12. The third kappa shape index (κ3) is 2.93. The van der Waals surface area contributed by atoms with Gasteiger partial charge in [0.1, 0.15) is 5.58 Å². The molecule has 2 aromatic rings. The highest BCUT2D eigenvalue weighted by molar-refractivity contribution is 6.31. The zero-order valence-electron chi connectivity index (χ0n) is 11.0. The number of hydrogen-bond acceptors (Lipinski definition) is 3. The number of rotatable bonds is 4. The van der Waals surface area contributed by atoms with Crippen molar-refractivity contribution in [1.29, 1.82) is 0 Å². The number of aliphatic carboxylic acids is 1. The van der Waals surface area contributed by atoms with Crippen LogP contribution in [0.4, 0.5) is 0 Å². The quantitative estimate of drug-likeness (QED) is 0.909. The molecule has 0 saturated carbocycles. The van der Waals surface area contributed by atoms with E-state index in [0.29, 0.717) is 10.6 Å². The Morgan fingerprint density at radius 3 is 2.65 bits per heavy atom. The van der Waals surface area contributed by atoms with Gasteiger partial charge in [0, 0.05) is 16.5 Å². The lowest BCUT2D eigenvalue weighted by Crippen LogP contribution is -2.39. The molecule has 2 unspecified atom stereocenters. The molecule has 0 fully saturated rings. The van der Waals surface area contributed by atoms with Gasteiger partial charge in [-0.15, -0.1) is 0 Å². The maximum absolute atomic E-state index is 12.0. The molecule has 0 aliphatic rings. The van der Waals surface area contributed by atoms with E-state index in [1.807, 2.05) is 0 Å². The Hall–Kier alpha value is -2.01. The van der Waals surface area contributed by atoms with Crippen LogP contribution >= 0.6 is 11.6 Å². The third-order valence-electron chi connectivity index (χ3n) is 3.20. The van der Waals surface area contributed by atoms with Crippen molar-refractivity contribution in [2.24, 2.45) is 5.92 Å². The van der Waals surface area contributed by atoms with E-state index in [2.05, 4.69) is 5.32 Å². The Bertz CT molecular complexity index is 664. The van der Waals surface area contributed by atoms with Gasteiger partial charge in [-0.3, -0.25) is 9.59 Å². The second kappa shape index (κ2) is 5.54. The number of benzene rings is 1. The molecule has 0 spiro atoms. The predicted molar refractivity (Wildman–Crippen MR) is 75.0 cm³/mol. The van der Waals surface area contributed by atoms with E-state index in [0.717, 1.165) is 5.39 Å². The fourth-order valence-electron chi connectivity index (χ4n) is 1.74. The molecular formula is C14H14ClNO4. The van der Waals surface area contributed by atoms with Crippen LogP contribution in [0, 0.1) is 5.92 Å². The van der Waals surface area contributed by atoms with Crippen molar-refractivity contribution < 1.29 is 19.1 Å². The van der Waals surface area contributed by atoms with E-state index >= 15 is 0 Å². The highest BCUT2D eigenvalue weighted by Crippen LogP contribution is 2.23. The lowest BCUT2D eigenvalue weighted by Gasteiger charge is -2.16. The monoisotopic (exact) mass is 295 g/mol. The van der Waals surface area contributed by atoms with Crippen molar-refractivity contribution in [3.8, 4) is 0 Å². The van der Waals surface area contributed by atoms with Gasteiger partial charge in [-0.2, -0.15) is 0 Å². The molecule has 20 heavy (non-hydrogen) atoms. The van der Waals surface area contributed by atoms with Gasteiger partial charge in [0.15, 0.2) is 5.76 Å². The highest BCUT2D eigenvalue weighted by Gasteiger charge is 2.22. The molecule has 0 aliphatic carbocycles. The molecule has 1 aromatic carbocycles. The summed E-state index contributed by atoms with van der Waals surface area (Å²) < 4.78 is 5.41. The Kier molecular flexibility index (Phi) is 3.99. The molecule has 0 saturated heterocycles. The van der Waals surface area contributed by atoms with Crippen molar-refractivity contribution in [2.45, 2.75) is 19.9 Å². The average Bonchev–Trinajstić information content (AvgIpc) is 2.80. The highest BCUT2D eigenvalue weighted by atomic mass is 35.5. The van der Waals surface area contributed by atoms with Gasteiger partial charge in [-0.1, -0.05) is 11.6 Å². The summed E-state index contributed by atoms with van der Waals surface area (Å²) in [5, 5.41) is 12.8. The molecule has 0 aliphatic heterocycles. The van der Waals surface area contributed by atoms with Gasteiger partial charge < -0.3 is 14.8 Å². The minimum Gasteiger partial charge on any atom is -0.481 e. The molecule has 0 radical (unpaired) electrons. The van der Waals surface area contributed by atoms with E-state index in [9.17, 15) is 9.59 Å². The minimum atomic E-state index is -0.964. The van der Waals surface area contributed by atoms with E-state index in [-0.39, 0.29) is 5.76 Å². The Labute approximate surface area is 120 Å². The predicted octanol–water partition coefficient (Wildman–Crippen LogP) is 2.93. The number of nitrogens with one attached hydrogen (secondary N) is 1. The fourth-order valence-corrected chi connectivity index (χ4v) is 1.92. The normalized spacial score (nSPS) is 13.9. The molecular weight excluding hydrogens is 282 g/mol. The molecule has 0 bridgehead atoms. The topological polar surface area (TPSA) is 79.5 Å². The molecule has 6 heteroatoms. The van der Waals surface area contributed by atoms with Gasteiger partial charge in [0.25, 0.3) is 5.91 Å². The van der Waals surface area contributed by atoms with Crippen LogP contribution < -0.4 is 5.32 Å². The summed E-state index contributed by atoms with van der Waals surface area (Å²) >= 11 is 5.86. The van der Waals surface area contributed by atoms with Crippen LogP contribution in [0.25, 0.3) is 11.0 Å². The lowest BCUT2D eigenvalue weighted by atomic mass is 10.0. The summed E-state index contributed by atoms with van der Waals surface area (Å²) in [5.41, 5.74) is 0.554. The van der Waals surface area contributed by atoms with Gasteiger partial charge in [-0.25, -0.2) is 0 Å². The number of hydrogen-bond donors (Lipinski definition) is 2. The molecule has 2 rings (SSSR count). The number of fused-ring (bicyclic) bond motifs is 1. The van der Waals surface area contributed by atoms with Gasteiger partial charge in [-0.05, 0) is 38.1 Å². The van der Waals surface area contributed by atoms with E-state index < -0.39 is 23.8 Å². The number of carboxylic acids is 1. The summed E-state index contributed by atoms with van der Waals surface area (Å²) in [5.74, 6) is -1.96. The van der Waals surface area contributed by atoms with Crippen LogP contribution in [0.3, 0.4) is 0 Å². The van der Waals surface area contributed by atoms with Crippen LogP contribution in [-0.4, -0.2) is 23.0 Å². The maximum Gasteiger partial charge on any atom is 0.308 e. The van der Waals surface area contributed by atoms with Gasteiger partial charge in [0.2, 0.25) is 0 Å². The molecule has 1 heterocycles. The van der Waals surface area contributed by atoms with E-state index in [4.69, 9.17) is 21.1 Å². The molecule has 1 amide bonds. The fraction of sp³-hybridized carbons (Fsp3) is 0.286.